The zero-order valence-electron chi connectivity index (χ0n) is 9.25. The molecule has 16 heavy (non-hydrogen) atoms. The minimum absolute atomic E-state index is 0.353. The number of hydrogen-bond acceptors (Lipinski definition) is 2. The van der Waals surface area contributed by atoms with Crippen LogP contribution in [0.2, 0.25) is 5.02 Å². The molecule has 1 N–H and O–H groups in total. The third kappa shape index (κ3) is 4.83. The molecule has 0 aliphatic heterocycles. The van der Waals surface area contributed by atoms with Gasteiger partial charge in [0.05, 0.1) is 6.10 Å². The van der Waals surface area contributed by atoms with Crippen molar-refractivity contribution in [2.24, 2.45) is 0 Å². The lowest BCUT2D eigenvalue weighted by Crippen LogP contribution is -2.11. The Morgan fingerprint density at radius 3 is 2.88 bits per heavy atom. The molecule has 0 spiro atoms. The van der Waals surface area contributed by atoms with E-state index in [4.69, 9.17) is 16.3 Å². The average Bonchev–Trinajstić information content (AvgIpc) is 2.23. The minimum atomic E-state index is -0.353. The highest BCUT2D eigenvalue weighted by Crippen LogP contribution is 2.23. The van der Waals surface area contributed by atoms with Crippen molar-refractivity contribution in [2.45, 2.75) is 25.4 Å². The van der Waals surface area contributed by atoms with Gasteiger partial charge in [0.2, 0.25) is 0 Å². The van der Waals surface area contributed by atoms with Crippen LogP contribution in [0.1, 0.15) is 18.4 Å². The molecule has 0 saturated heterocycles. The molecule has 2 nitrogen and oxygen atoms in total. The lowest BCUT2D eigenvalue weighted by molar-refractivity contribution is 0.135. The third-order valence-corrected chi connectivity index (χ3v) is 3.20. The smallest absolute Gasteiger partial charge is 0.0581 e. The van der Waals surface area contributed by atoms with Crippen LogP contribution in [0.4, 0.5) is 0 Å². The number of benzene rings is 1. The summed E-state index contributed by atoms with van der Waals surface area (Å²) in [6.07, 6.45) is 1.84. The largest absolute Gasteiger partial charge is 0.393 e. The molecule has 0 bridgehead atoms. The second-order valence-electron chi connectivity index (χ2n) is 3.73. The highest BCUT2D eigenvalue weighted by molar-refractivity contribution is 9.10. The topological polar surface area (TPSA) is 29.5 Å². The summed E-state index contributed by atoms with van der Waals surface area (Å²) in [5.74, 6) is 0. The van der Waals surface area contributed by atoms with Crippen molar-refractivity contribution in [3.05, 3.63) is 33.3 Å². The molecule has 0 heterocycles. The molecule has 1 unspecified atom stereocenters. The molecule has 0 fully saturated rings. The summed E-state index contributed by atoms with van der Waals surface area (Å²) < 4.78 is 5.89. The fraction of sp³-hybridized carbons (Fsp3) is 0.500. The Labute approximate surface area is 110 Å². The van der Waals surface area contributed by atoms with Gasteiger partial charge in [-0.2, -0.15) is 0 Å². The predicted molar refractivity (Wildman–Crippen MR) is 70.0 cm³/mol. The van der Waals surface area contributed by atoms with Gasteiger partial charge in [-0.1, -0.05) is 33.6 Å². The molecule has 0 aromatic heterocycles. The Morgan fingerprint density at radius 2 is 2.25 bits per heavy atom. The monoisotopic (exact) mass is 306 g/mol. The van der Waals surface area contributed by atoms with Gasteiger partial charge >= 0.3 is 0 Å². The second-order valence-corrected chi connectivity index (χ2v) is 5.05. The lowest BCUT2D eigenvalue weighted by atomic mass is 10.0. The molecule has 0 aliphatic carbocycles. The molecule has 0 saturated carbocycles. The van der Waals surface area contributed by atoms with Gasteiger partial charge in [-0.15, -0.1) is 0 Å². The van der Waals surface area contributed by atoms with Crippen molar-refractivity contribution in [2.75, 3.05) is 13.7 Å². The first kappa shape index (κ1) is 14.0. The van der Waals surface area contributed by atoms with E-state index in [0.717, 1.165) is 22.9 Å². The van der Waals surface area contributed by atoms with Crippen molar-refractivity contribution >= 4 is 27.5 Å². The number of hydrogen-bond donors (Lipinski definition) is 1. The maximum absolute atomic E-state index is 9.80. The number of aliphatic hydroxyl groups excluding tert-OH is 1. The summed E-state index contributed by atoms with van der Waals surface area (Å²) in [5, 5.41) is 10.5. The Balaban J connectivity index is 2.46. The quantitative estimate of drug-likeness (QED) is 0.816. The van der Waals surface area contributed by atoms with Crippen LogP contribution < -0.4 is 0 Å². The van der Waals surface area contributed by atoms with E-state index >= 15 is 0 Å². The molecule has 0 radical (unpaired) electrons. The number of halogens is 2. The molecule has 1 aromatic carbocycles. The molecule has 0 aliphatic rings. The van der Waals surface area contributed by atoms with Crippen LogP contribution in [0.3, 0.4) is 0 Å². The maximum Gasteiger partial charge on any atom is 0.0581 e. The second kappa shape index (κ2) is 7.28. The van der Waals surface area contributed by atoms with Crippen molar-refractivity contribution < 1.29 is 9.84 Å². The fourth-order valence-electron chi connectivity index (χ4n) is 1.51. The van der Waals surface area contributed by atoms with Gasteiger partial charge in [0.25, 0.3) is 0 Å². The van der Waals surface area contributed by atoms with Gasteiger partial charge in [-0.05, 0) is 37.0 Å². The highest BCUT2D eigenvalue weighted by Gasteiger charge is 2.08. The average molecular weight is 308 g/mol. The molecular formula is C12H16BrClO2. The summed E-state index contributed by atoms with van der Waals surface area (Å²) >= 11 is 9.42. The van der Waals surface area contributed by atoms with Crippen LogP contribution in [0, 0.1) is 0 Å². The van der Waals surface area contributed by atoms with Gasteiger partial charge in [-0.3, -0.25) is 0 Å². The van der Waals surface area contributed by atoms with Crippen molar-refractivity contribution in [1.29, 1.82) is 0 Å². The molecule has 1 atom stereocenters. The summed E-state index contributed by atoms with van der Waals surface area (Å²) in [6.45, 7) is 0.686. The van der Waals surface area contributed by atoms with E-state index in [1.165, 1.54) is 0 Å². The molecule has 1 aromatic rings. The molecule has 0 amide bonds. The van der Waals surface area contributed by atoms with E-state index in [1.54, 1.807) is 7.11 Å². The van der Waals surface area contributed by atoms with E-state index in [9.17, 15) is 5.11 Å². The Morgan fingerprint density at radius 1 is 1.50 bits per heavy atom. The maximum atomic E-state index is 9.80. The Kier molecular flexibility index (Phi) is 6.36. The van der Waals surface area contributed by atoms with Crippen molar-refractivity contribution in [1.82, 2.24) is 0 Å². The molecule has 4 heteroatoms. The first-order chi connectivity index (χ1) is 7.63. The van der Waals surface area contributed by atoms with Crippen LogP contribution in [-0.2, 0) is 11.2 Å². The minimum Gasteiger partial charge on any atom is -0.393 e. The van der Waals surface area contributed by atoms with Gasteiger partial charge < -0.3 is 9.84 Å². The van der Waals surface area contributed by atoms with Crippen LogP contribution in [0.15, 0.2) is 22.7 Å². The van der Waals surface area contributed by atoms with Gasteiger partial charge in [0.1, 0.15) is 0 Å². The summed E-state index contributed by atoms with van der Waals surface area (Å²) in [6, 6.07) is 5.72. The Hall–Kier alpha value is -0.0900. The number of methoxy groups -OCH3 is 1. The SMILES string of the molecule is COCCCC(O)Cc1ccc(Br)cc1Cl. The molecular weight excluding hydrogens is 291 g/mol. The first-order valence-corrected chi connectivity index (χ1v) is 6.41. The summed E-state index contributed by atoms with van der Waals surface area (Å²) in [5.41, 5.74) is 0.981. The number of rotatable bonds is 6. The lowest BCUT2D eigenvalue weighted by Gasteiger charge is -2.11. The van der Waals surface area contributed by atoms with Crippen LogP contribution >= 0.6 is 27.5 Å². The predicted octanol–water partition coefficient (Wildman–Crippen LogP) is 3.43. The van der Waals surface area contributed by atoms with E-state index in [1.807, 2.05) is 18.2 Å². The summed E-state index contributed by atoms with van der Waals surface area (Å²) in [7, 11) is 1.66. The molecule has 1 rings (SSSR count). The summed E-state index contributed by atoms with van der Waals surface area (Å²) in [4.78, 5) is 0. The van der Waals surface area contributed by atoms with E-state index in [0.29, 0.717) is 18.1 Å². The first-order valence-electron chi connectivity index (χ1n) is 5.24. The number of ether oxygens (including phenoxy) is 1. The third-order valence-electron chi connectivity index (χ3n) is 2.36. The van der Waals surface area contributed by atoms with E-state index < -0.39 is 0 Å². The van der Waals surface area contributed by atoms with E-state index in [2.05, 4.69) is 15.9 Å². The zero-order chi connectivity index (χ0) is 12.0. The van der Waals surface area contributed by atoms with E-state index in [-0.39, 0.29) is 6.10 Å². The van der Waals surface area contributed by atoms with Crippen molar-refractivity contribution in [3.8, 4) is 0 Å². The van der Waals surface area contributed by atoms with Gasteiger partial charge in [0.15, 0.2) is 0 Å². The van der Waals surface area contributed by atoms with Gasteiger partial charge in [-0.25, -0.2) is 0 Å². The van der Waals surface area contributed by atoms with Crippen molar-refractivity contribution in [3.63, 3.8) is 0 Å². The highest BCUT2D eigenvalue weighted by atomic mass is 79.9. The van der Waals surface area contributed by atoms with Crippen LogP contribution in [-0.4, -0.2) is 24.9 Å². The zero-order valence-corrected chi connectivity index (χ0v) is 11.6. The fourth-order valence-corrected chi connectivity index (χ4v) is 2.26. The van der Waals surface area contributed by atoms with Gasteiger partial charge in [0, 0.05) is 23.2 Å². The number of aliphatic hydroxyl groups is 1. The van der Waals surface area contributed by atoms with Crippen LogP contribution in [0.25, 0.3) is 0 Å². The Bertz CT molecular complexity index is 331. The normalized spacial score (nSPS) is 12.8. The standard InChI is InChI=1S/C12H16BrClO2/c1-16-6-2-3-11(15)7-9-4-5-10(13)8-12(9)14/h4-5,8,11,15H,2-3,6-7H2,1H3. The van der Waals surface area contributed by atoms with Crippen LogP contribution in [0.5, 0.6) is 0 Å². The molecule has 90 valence electrons.